The van der Waals surface area contributed by atoms with Gasteiger partial charge in [0.1, 0.15) is 0 Å². The average molecular weight is 817 g/mol. The lowest BCUT2D eigenvalue weighted by Crippen LogP contribution is -2.12. The van der Waals surface area contributed by atoms with Crippen LogP contribution in [0.5, 0.6) is 0 Å². The smallest absolute Gasteiger partial charge is 0.0540 e. The highest BCUT2D eigenvalue weighted by Gasteiger charge is 2.22. The number of benzene rings is 11. The molecule has 0 aromatic heterocycles. The molecule has 0 atom stereocenters. The molecule has 0 spiro atoms. The fourth-order valence-electron chi connectivity index (χ4n) is 9.17. The van der Waals surface area contributed by atoms with E-state index >= 15 is 0 Å². The minimum absolute atomic E-state index is 1.09. The number of hydrogen-bond donors (Lipinski definition) is 0. The van der Waals surface area contributed by atoms with Crippen LogP contribution in [-0.2, 0) is 0 Å². The fraction of sp³-hybridized carbons (Fsp3) is 0. The van der Waals surface area contributed by atoms with Crippen LogP contribution in [0.4, 0.5) is 34.1 Å². The van der Waals surface area contributed by atoms with Crippen molar-refractivity contribution in [3.8, 4) is 44.5 Å². The second-order valence-corrected chi connectivity index (χ2v) is 16.1. The van der Waals surface area contributed by atoms with Crippen molar-refractivity contribution in [2.45, 2.75) is 0 Å². The zero-order valence-corrected chi connectivity index (χ0v) is 35.3. The predicted molar refractivity (Wildman–Crippen MR) is 273 cm³/mol. The van der Waals surface area contributed by atoms with Gasteiger partial charge in [0.15, 0.2) is 0 Å². The first-order chi connectivity index (χ1) is 31.8. The van der Waals surface area contributed by atoms with Gasteiger partial charge in [-0.05, 0) is 98.8 Å². The van der Waals surface area contributed by atoms with Gasteiger partial charge in [-0.3, -0.25) is 0 Å². The molecule has 302 valence electrons. The first kappa shape index (κ1) is 38.5. The van der Waals surface area contributed by atoms with E-state index in [0.717, 1.165) is 56.4 Å². The van der Waals surface area contributed by atoms with E-state index < -0.39 is 0 Å². The summed E-state index contributed by atoms with van der Waals surface area (Å²) in [6.45, 7) is 0. The Morgan fingerprint density at radius 1 is 0.203 bits per heavy atom. The van der Waals surface area contributed by atoms with Gasteiger partial charge in [0.25, 0.3) is 0 Å². The van der Waals surface area contributed by atoms with E-state index in [0.29, 0.717) is 0 Å². The molecule has 0 unspecified atom stereocenters. The molecule has 11 aromatic carbocycles. The van der Waals surface area contributed by atoms with Crippen LogP contribution in [0.2, 0.25) is 0 Å². The van der Waals surface area contributed by atoms with Gasteiger partial charge in [0.05, 0.1) is 22.7 Å². The molecule has 0 radical (unpaired) electrons. The minimum atomic E-state index is 1.09. The number of fused-ring (bicyclic) bond motifs is 2. The van der Waals surface area contributed by atoms with Crippen molar-refractivity contribution in [1.82, 2.24) is 0 Å². The normalized spacial score (nSPS) is 11.1. The van der Waals surface area contributed by atoms with Gasteiger partial charge >= 0.3 is 0 Å². The summed E-state index contributed by atoms with van der Waals surface area (Å²) in [4.78, 5) is 4.85. The molecule has 0 bridgehead atoms. The van der Waals surface area contributed by atoms with Crippen LogP contribution in [0.25, 0.3) is 66.1 Å². The van der Waals surface area contributed by atoms with Crippen molar-refractivity contribution in [3.63, 3.8) is 0 Å². The van der Waals surface area contributed by atoms with Crippen molar-refractivity contribution in [3.05, 3.63) is 267 Å². The molecule has 0 aliphatic rings. The molecule has 64 heavy (non-hydrogen) atoms. The van der Waals surface area contributed by atoms with Crippen LogP contribution >= 0.6 is 0 Å². The molecule has 0 fully saturated rings. The molecule has 0 saturated carbocycles. The van der Waals surface area contributed by atoms with Crippen molar-refractivity contribution < 1.29 is 0 Å². The first-order valence-electron chi connectivity index (χ1n) is 21.9. The van der Waals surface area contributed by atoms with Gasteiger partial charge in [0.2, 0.25) is 0 Å². The Balaban J connectivity index is 1.05. The monoisotopic (exact) mass is 816 g/mol. The van der Waals surface area contributed by atoms with Crippen molar-refractivity contribution in [2.24, 2.45) is 0 Å². The van der Waals surface area contributed by atoms with Gasteiger partial charge in [-0.1, -0.05) is 212 Å². The maximum absolute atomic E-state index is 2.43. The predicted octanol–water partition coefficient (Wildman–Crippen LogP) is 17.6. The van der Waals surface area contributed by atoms with Gasteiger partial charge in [0, 0.05) is 33.3 Å². The largest absolute Gasteiger partial charge is 0.309 e. The Labute approximate surface area is 375 Å². The second kappa shape index (κ2) is 17.1. The van der Waals surface area contributed by atoms with E-state index in [1.807, 2.05) is 0 Å². The van der Waals surface area contributed by atoms with Gasteiger partial charge in [-0.2, -0.15) is 0 Å². The third kappa shape index (κ3) is 7.38. The molecule has 0 heterocycles. The standard InChI is InChI=1S/C62H44N2/c1-3-18-45(19-4-1)47-36-40-53(41-37-47)63(61-34-16-24-49-22-7-9-28-55(49)61)59-32-13-11-30-57(59)51-26-15-27-52(44-51)58-31-12-14-33-60(58)64(62-35-17-25-50-23-8-10-29-56(50)62)54-42-38-48(39-43-54)46-20-5-2-6-21-46/h1-44H. The van der Waals surface area contributed by atoms with Crippen LogP contribution in [0.3, 0.4) is 0 Å². The quantitative estimate of drug-likeness (QED) is 0.136. The molecule has 0 amide bonds. The number of rotatable bonds is 10. The molecular formula is C62H44N2. The van der Waals surface area contributed by atoms with E-state index in [4.69, 9.17) is 0 Å². The van der Waals surface area contributed by atoms with Crippen molar-refractivity contribution in [1.29, 1.82) is 0 Å². The lowest BCUT2D eigenvalue weighted by atomic mass is 9.95. The molecule has 11 aromatic rings. The Kier molecular flexibility index (Phi) is 10.3. The number of para-hydroxylation sites is 2. The molecule has 0 aliphatic carbocycles. The summed E-state index contributed by atoms with van der Waals surface area (Å²) in [6.07, 6.45) is 0. The average Bonchev–Trinajstić information content (AvgIpc) is 3.38. The molecule has 0 saturated heterocycles. The van der Waals surface area contributed by atoms with E-state index in [2.05, 4.69) is 277 Å². The Bertz CT molecular complexity index is 3140. The van der Waals surface area contributed by atoms with Crippen molar-refractivity contribution >= 4 is 55.7 Å². The highest BCUT2D eigenvalue weighted by atomic mass is 15.2. The Morgan fingerprint density at radius 3 is 0.969 bits per heavy atom. The Hall–Kier alpha value is -8.46. The lowest BCUT2D eigenvalue weighted by Gasteiger charge is -2.30. The highest BCUT2D eigenvalue weighted by Crippen LogP contribution is 2.47. The van der Waals surface area contributed by atoms with Crippen LogP contribution in [-0.4, -0.2) is 0 Å². The van der Waals surface area contributed by atoms with E-state index in [9.17, 15) is 0 Å². The summed E-state index contributed by atoms with van der Waals surface area (Å²) in [5, 5.41) is 4.79. The molecule has 0 aliphatic heterocycles. The van der Waals surface area contributed by atoms with Gasteiger partial charge in [-0.25, -0.2) is 0 Å². The van der Waals surface area contributed by atoms with Gasteiger partial charge < -0.3 is 9.80 Å². The maximum Gasteiger partial charge on any atom is 0.0540 e. The van der Waals surface area contributed by atoms with E-state index in [1.54, 1.807) is 0 Å². The first-order valence-corrected chi connectivity index (χ1v) is 21.9. The number of hydrogen-bond acceptors (Lipinski definition) is 2. The summed E-state index contributed by atoms with van der Waals surface area (Å²) >= 11 is 0. The van der Waals surface area contributed by atoms with Crippen LogP contribution in [0.1, 0.15) is 0 Å². The summed E-state index contributed by atoms with van der Waals surface area (Å²) in [5.74, 6) is 0. The van der Waals surface area contributed by atoms with E-state index in [-0.39, 0.29) is 0 Å². The fourth-order valence-corrected chi connectivity index (χ4v) is 9.17. The topological polar surface area (TPSA) is 6.48 Å². The molecule has 2 nitrogen and oxygen atoms in total. The lowest BCUT2D eigenvalue weighted by molar-refractivity contribution is 1.29. The summed E-state index contributed by atoms with van der Waals surface area (Å²) < 4.78 is 0. The summed E-state index contributed by atoms with van der Waals surface area (Å²) in [7, 11) is 0. The van der Waals surface area contributed by atoms with Crippen LogP contribution in [0.15, 0.2) is 267 Å². The van der Waals surface area contributed by atoms with Gasteiger partial charge in [-0.15, -0.1) is 0 Å². The summed E-state index contributed by atoms with van der Waals surface area (Å²) in [6, 6.07) is 96.4. The molecule has 2 heteroatoms. The van der Waals surface area contributed by atoms with E-state index in [1.165, 1.54) is 43.8 Å². The number of nitrogens with zero attached hydrogens (tertiary/aromatic N) is 2. The van der Waals surface area contributed by atoms with Crippen LogP contribution < -0.4 is 9.80 Å². The zero-order chi connectivity index (χ0) is 42.7. The zero-order valence-electron chi connectivity index (χ0n) is 35.3. The highest BCUT2D eigenvalue weighted by molar-refractivity contribution is 6.03. The molecule has 11 rings (SSSR count). The third-order valence-corrected chi connectivity index (χ3v) is 12.3. The third-order valence-electron chi connectivity index (χ3n) is 12.3. The summed E-state index contributed by atoms with van der Waals surface area (Å²) in [5.41, 5.74) is 16.0. The second-order valence-electron chi connectivity index (χ2n) is 16.1. The van der Waals surface area contributed by atoms with Crippen molar-refractivity contribution in [2.75, 3.05) is 9.80 Å². The maximum atomic E-state index is 2.43. The SMILES string of the molecule is c1ccc(-c2ccc(N(c3ccccc3-c3cccc(-c4ccccc4N(c4ccc(-c5ccccc5)cc4)c4cccc5ccccc45)c3)c3cccc4ccccc34)cc2)cc1. The molecular weight excluding hydrogens is 773 g/mol. The number of anilines is 6. The van der Waals surface area contributed by atoms with Crippen LogP contribution in [0, 0.1) is 0 Å². The molecule has 0 N–H and O–H groups in total. The minimum Gasteiger partial charge on any atom is -0.309 e. The Morgan fingerprint density at radius 2 is 0.516 bits per heavy atom.